The number of nitrogens with zero attached hydrogens (tertiary/aromatic N) is 3. The Morgan fingerprint density at radius 2 is 2.25 bits per heavy atom. The molecular formula is C7H5BrClN3. The molecule has 2 aromatic heterocycles. The normalized spacial score (nSPS) is 10.9. The lowest BCUT2D eigenvalue weighted by molar-refractivity contribution is 0.919. The van der Waals surface area contributed by atoms with Crippen molar-refractivity contribution in [1.29, 1.82) is 0 Å². The van der Waals surface area contributed by atoms with Crippen molar-refractivity contribution in [1.82, 2.24) is 14.6 Å². The third kappa shape index (κ3) is 1.21. The highest BCUT2D eigenvalue weighted by Gasteiger charge is 2.03. The molecule has 0 saturated heterocycles. The fourth-order valence-electron chi connectivity index (χ4n) is 1.03. The van der Waals surface area contributed by atoms with Gasteiger partial charge in [-0.15, -0.1) is 0 Å². The fourth-order valence-corrected chi connectivity index (χ4v) is 1.67. The first-order chi connectivity index (χ1) is 5.66. The molecule has 0 atom stereocenters. The number of aromatic nitrogens is 3. The molecule has 3 nitrogen and oxygen atoms in total. The van der Waals surface area contributed by atoms with Crippen LogP contribution in [-0.4, -0.2) is 14.6 Å². The number of hydrogen-bond acceptors (Lipinski definition) is 2. The third-order valence-corrected chi connectivity index (χ3v) is 2.14. The minimum Gasteiger partial charge on any atom is -0.234 e. The summed E-state index contributed by atoms with van der Waals surface area (Å²) in [6.45, 7) is 1.90. The Hall–Kier alpha value is -0.610. The van der Waals surface area contributed by atoms with Crippen LogP contribution in [0, 0.1) is 6.92 Å². The molecule has 2 rings (SSSR count). The average Bonchev–Trinajstić information content (AvgIpc) is 2.29. The molecule has 0 radical (unpaired) electrons. The monoisotopic (exact) mass is 245 g/mol. The van der Waals surface area contributed by atoms with Gasteiger partial charge in [0, 0.05) is 11.8 Å². The van der Waals surface area contributed by atoms with E-state index in [1.54, 1.807) is 10.6 Å². The number of aryl methyl sites for hydroxylation is 1. The van der Waals surface area contributed by atoms with Crippen LogP contribution >= 0.6 is 27.5 Å². The number of fused-ring (bicyclic) bond motifs is 1. The van der Waals surface area contributed by atoms with Crippen molar-refractivity contribution >= 4 is 33.2 Å². The van der Waals surface area contributed by atoms with Gasteiger partial charge >= 0.3 is 0 Å². The van der Waals surface area contributed by atoms with Crippen molar-refractivity contribution in [3.8, 4) is 0 Å². The second-order valence-corrected chi connectivity index (χ2v) is 3.66. The first kappa shape index (κ1) is 8.01. The molecule has 12 heavy (non-hydrogen) atoms. The molecule has 0 unspecified atom stereocenters. The molecule has 5 heteroatoms. The third-order valence-electron chi connectivity index (χ3n) is 1.48. The molecule has 0 amide bonds. The van der Waals surface area contributed by atoms with Gasteiger partial charge in [-0.3, -0.25) is 0 Å². The first-order valence-corrected chi connectivity index (χ1v) is 4.52. The van der Waals surface area contributed by atoms with Crippen molar-refractivity contribution in [3.63, 3.8) is 0 Å². The number of halogens is 2. The predicted octanol–water partition coefficient (Wildman–Crippen LogP) is 2.45. The van der Waals surface area contributed by atoms with E-state index < -0.39 is 0 Å². The highest BCUT2D eigenvalue weighted by atomic mass is 79.9. The Morgan fingerprint density at radius 1 is 1.50 bits per heavy atom. The second kappa shape index (κ2) is 2.71. The van der Waals surface area contributed by atoms with Crippen molar-refractivity contribution in [2.24, 2.45) is 0 Å². The van der Waals surface area contributed by atoms with E-state index in [4.69, 9.17) is 11.6 Å². The molecule has 2 heterocycles. The van der Waals surface area contributed by atoms with Crippen LogP contribution in [-0.2, 0) is 0 Å². The summed E-state index contributed by atoms with van der Waals surface area (Å²) in [5, 5.41) is 4.67. The smallest absolute Gasteiger partial charge is 0.158 e. The number of rotatable bonds is 0. The number of hydrogen-bond donors (Lipinski definition) is 0. The average molecular weight is 246 g/mol. The zero-order valence-electron chi connectivity index (χ0n) is 6.25. The van der Waals surface area contributed by atoms with Gasteiger partial charge in [0.25, 0.3) is 0 Å². The lowest BCUT2D eigenvalue weighted by Gasteiger charge is -1.96. The van der Waals surface area contributed by atoms with Gasteiger partial charge < -0.3 is 0 Å². The fraction of sp³-hybridized carbons (Fsp3) is 0.143. The van der Waals surface area contributed by atoms with E-state index in [9.17, 15) is 0 Å². The van der Waals surface area contributed by atoms with E-state index in [2.05, 4.69) is 26.0 Å². The molecule has 2 aromatic rings. The summed E-state index contributed by atoms with van der Waals surface area (Å²) < 4.78 is 2.32. The SMILES string of the molecule is Cc1cc(Cl)n2nc(Br)cc2n1. The van der Waals surface area contributed by atoms with Crippen LogP contribution in [0.5, 0.6) is 0 Å². The maximum atomic E-state index is 5.92. The van der Waals surface area contributed by atoms with E-state index in [1.807, 2.05) is 13.0 Å². The van der Waals surface area contributed by atoms with Gasteiger partial charge in [0.15, 0.2) is 5.65 Å². The van der Waals surface area contributed by atoms with E-state index in [0.29, 0.717) is 5.15 Å². The summed E-state index contributed by atoms with van der Waals surface area (Å²) in [7, 11) is 0. The van der Waals surface area contributed by atoms with Crippen molar-refractivity contribution in [2.75, 3.05) is 0 Å². The van der Waals surface area contributed by atoms with Crippen LogP contribution < -0.4 is 0 Å². The largest absolute Gasteiger partial charge is 0.234 e. The molecule has 0 aromatic carbocycles. The summed E-state index contributed by atoms with van der Waals surface area (Å²) in [5.41, 5.74) is 1.65. The summed E-state index contributed by atoms with van der Waals surface area (Å²) in [4.78, 5) is 4.24. The Labute approximate surface area is 82.5 Å². The van der Waals surface area contributed by atoms with Gasteiger partial charge in [-0.05, 0) is 28.9 Å². The van der Waals surface area contributed by atoms with E-state index in [0.717, 1.165) is 15.9 Å². The molecule has 0 spiro atoms. The Morgan fingerprint density at radius 3 is 3.00 bits per heavy atom. The lowest BCUT2D eigenvalue weighted by Crippen LogP contribution is -1.93. The molecule has 0 aliphatic heterocycles. The quantitative estimate of drug-likeness (QED) is 0.669. The van der Waals surface area contributed by atoms with Crippen LogP contribution in [0.4, 0.5) is 0 Å². The molecule has 0 bridgehead atoms. The minimum absolute atomic E-state index is 0.572. The van der Waals surface area contributed by atoms with Gasteiger partial charge in [0.1, 0.15) is 9.76 Å². The highest BCUT2D eigenvalue weighted by Crippen LogP contribution is 2.16. The van der Waals surface area contributed by atoms with Gasteiger partial charge in [-0.1, -0.05) is 11.6 Å². The van der Waals surface area contributed by atoms with E-state index in [1.165, 1.54) is 0 Å². The maximum absolute atomic E-state index is 5.92. The molecule has 0 fully saturated rings. The molecule has 0 N–H and O–H groups in total. The van der Waals surface area contributed by atoms with Crippen LogP contribution in [0.15, 0.2) is 16.7 Å². The molecule has 62 valence electrons. The Balaban J connectivity index is 2.88. The molecule has 0 aliphatic rings. The standard InChI is InChI=1S/C7H5BrClN3/c1-4-2-6(9)12-7(10-4)3-5(8)11-12/h2-3H,1H3. The Kier molecular flexibility index (Phi) is 1.81. The van der Waals surface area contributed by atoms with Crippen LogP contribution in [0.2, 0.25) is 5.15 Å². The van der Waals surface area contributed by atoms with Crippen LogP contribution in [0.25, 0.3) is 5.65 Å². The maximum Gasteiger partial charge on any atom is 0.158 e. The summed E-state index contributed by atoms with van der Waals surface area (Å²) in [5.74, 6) is 0. The lowest BCUT2D eigenvalue weighted by atomic mass is 10.4. The molecular weight excluding hydrogens is 241 g/mol. The van der Waals surface area contributed by atoms with Crippen molar-refractivity contribution in [2.45, 2.75) is 6.92 Å². The summed E-state index contributed by atoms with van der Waals surface area (Å²) in [6.07, 6.45) is 0. The van der Waals surface area contributed by atoms with E-state index in [-0.39, 0.29) is 0 Å². The van der Waals surface area contributed by atoms with Gasteiger partial charge in [-0.25, -0.2) is 9.50 Å². The highest BCUT2D eigenvalue weighted by molar-refractivity contribution is 9.10. The van der Waals surface area contributed by atoms with E-state index >= 15 is 0 Å². The summed E-state index contributed by atoms with van der Waals surface area (Å²) in [6, 6.07) is 3.59. The Bertz CT molecular complexity index is 437. The predicted molar refractivity (Wildman–Crippen MR) is 50.4 cm³/mol. The van der Waals surface area contributed by atoms with Gasteiger partial charge in [0.05, 0.1) is 0 Å². The molecule has 0 aliphatic carbocycles. The molecule has 0 saturated carbocycles. The van der Waals surface area contributed by atoms with Crippen LogP contribution in [0.1, 0.15) is 5.69 Å². The van der Waals surface area contributed by atoms with Gasteiger partial charge in [0.2, 0.25) is 0 Å². The van der Waals surface area contributed by atoms with Gasteiger partial charge in [-0.2, -0.15) is 5.10 Å². The van der Waals surface area contributed by atoms with Crippen molar-refractivity contribution < 1.29 is 0 Å². The second-order valence-electron chi connectivity index (χ2n) is 2.46. The van der Waals surface area contributed by atoms with Crippen LogP contribution in [0.3, 0.4) is 0 Å². The first-order valence-electron chi connectivity index (χ1n) is 3.35. The topological polar surface area (TPSA) is 30.2 Å². The minimum atomic E-state index is 0.572. The zero-order chi connectivity index (χ0) is 8.72. The van der Waals surface area contributed by atoms with Crippen molar-refractivity contribution in [3.05, 3.63) is 27.6 Å². The summed E-state index contributed by atoms with van der Waals surface area (Å²) >= 11 is 9.17. The zero-order valence-corrected chi connectivity index (χ0v) is 8.59.